The minimum atomic E-state index is 0.0486. The summed E-state index contributed by atoms with van der Waals surface area (Å²) in [6.45, 7) is 6.47. The summed E-state index contributed by atoms with van der Waals surface area (Å²) in [5, 5.41) is 7.50. The molecule has 2 rings (SSSR count). The van der Waals surface area contributed by atoms with Gasteiger partial charge in [0.1, 0.15) is 5.75 Å². The van der Waals surface area contributed by atoms with Crippen molar-refractivity contribution in [3.05, 3.63) is 30.0 Å². The highest BCUT2D eigenvalue weighted by atomic mass is 16.5. The van der Waals surface area contributed by atoms with Crippen LogP contribution in [-0.4, -0.2) is 22.3 Å². The standard InChI is InChI=1S/C14H18N4O/c1-14(2,3)9-5-6-12(19-4)10(7-9)11-8-16-18-13(15)17-11/h5-8H,1-4H3,(H2,15,17,18). The molecular weight excluding hydrogens is 240 g/mol. The summed E-state index contributed by atoms with van der Waals surface area (Å²) in [5.41, 5.74) is 8.36. The molecule has 0 aliphatic rings. The van der Waals surface area contributed by atoms with Crippen molar-refractivity contribution in [2.24, 2.45) is 0 Å². The van der Waals surface area contributed by atoms with Gasteiger partial charge in [0.15, 0.2) is 0 Å². The first-order valence-corrected chi connectivity index (χ1v) is 6.06. The van der Waals surface area contributed by atoms with Crippen LogP contribution in [0.25, 0.3) is 11.3 Å². The van der Waals surface area contributed by atoms with Crippen LogP contribution in [0.4, 0.5) is 5.95 Å². The number of nitrogens with two attached hydrogens (primary N) is 1. The Hall–Kier alpha value is -2.17. The van der Waals surface area contributed by atoms with Crippen LogP contribution < -0.4 is 10.5 Å². The lowest BCUT2D eigenvalue weighted by molar-refractivity contribution is 0.415. The smallest absolute Gasteiger partial charge is 0.240 e. The Kier molecular flexibility index (Phi) is 3.38. The summed E-state index contributed by atoms with van der Waals surface area (Å²) in [6.07, 6.45) is 1.58. The van der Waals surface area contributed by atoms with Gasteiger partial charge in [-0.15, -0.1) is 5.10 Å². The first kappa shape index (κ1) is 13.3. The number of ether oxygens (including phenoxy) is 1. The molecular formula is C14H18N4O. The predicted octanol–water partition coefficient (Wildman–Crippen LogP) is 2.43. The van der Waals surface area contributed by atoms with Crippen molar-refractivity contribution in [1.82, 2.24) is 15.2 Å². The molecule has 0 aliphatic heterocycles. The molecule has 5 nitrogen and oxygen atoms in total. The van der Waals surface area contributed by atoms with Crippen LogP contribution in [0.15, 0.2) is 24.4 Å². The van der Waals surface area contributed by atoms with Crippen LogP contribution in [-0.2, 0) is 5.41 Å². The molecule has 2 aromatic rings. The monoisotopic (exact) mass is 258 g/mol. The second kappa shape index (κ2) is 4.84. The highest BCUT2D eigenvalue weighted by Gasteiger charge is 2.17. The van der Waals surface area contributed by atoms with E-state index in [1.54, 1.807) is 13.3 Å². The average molecular weight is 258 g/mol. The van der Waals surface area contributed by atoms with Gasteiger partial charge in [-0.25, -0.2) is 4.98 Å². The molecule has 0 spiro atoms. The van der Waals surface area contributed by atoms with Gasteiger partial charge in [0.25, 0.3) is 0 Å². The summed E-state index contributed by atoms with van der Waals surface area (Å²) in [5.74, 6) is 0.897. The molecule has 5 heteroatoms. The molecule has 0 atom stereocenters. The molecule has 0 aliphatic carbocycles. The Morgan fingerprint density at radius 1 is 1.21 bits per heavy atom. The number of benzene rings is 1. The second-order valence-corrected chi connectivity index (χ2v) is 5.36. The third-order valence-corrected chi connectivity index (χ3v) is 2.92. The lowest BCUT2D eigenvalue weighted by Crippen LogP contribution is -2.11. The van der Waals surface area contributed by atoms with E-state index >= 15 is 0 Å². The fourth-order valence-corrected chi connectivity index (χ4v) is 1.82. The van der Waals surface area contributed by atoms with E-state index in [-0.39, 0.29) is 11.4 Å². The number of methoxy groups -OCH3 is 1. The lowest BCUT2D eigenvalue weighted by Gasteiger charge is -2.20. The van der Waals surface area contributed by atoms with Crippen molar-refractivity contribution < 1.29 is 4.74 Å². The van der Waals surface area contributed by atoms with E-state index in [1.165, 1.54) is 5.56 Å². The van der Waals surface area contributed by atoms with Crippen molar-refractivity contribution in [3.63, 3.8) is 0 Å². The van der Waals surface area contributed by atoms with Crippen LogP contribution in [0.1, 0.15) is 26.3 Å². The molecule has 0 radical (unpaired) electrons. The summed E-state index contributed by atoms with van der Waals surface area (Å²) >= 11 is 0. The van der Waals surface area contributed by atoms with Crippen LogP contribution in [0.2, 0.25) is 0 Å². The van der Waals surface area contributed by atoms with Gasteiger partial charge in [0.2, 0.25) is 5.95 Å². The predicted molar refractivity (Wildman–Crippen MR) is 74.9 cm³/mol. The summed E-state index contributed by atoms with van der Waals surface area (Å²) < 4.78 is 5.38. The van der Waals surface area contributed by atoms with Crippen molar-refractivity contribution in [2.45, 2.75) is 26.2 Å². The minimum absolute atomic E-state index is 0.0486. The number of aromatic nitrogens is 3. The zero-order valence-electron chi connectivity index (χ0n) is 11.6. The average Bonchev–Trinajstić information content (AvgIpc) is 2.37. The number of rotatable bonds is 2. The maximum atomic E-state index is 5.59. The van der Waals surface area contributed by atoms with Crippen molar-refractivity contribution in [2.75, 3.05) is 12.8 Å². The molecule has 19 heavy (non-hydrogen) atoms. The third-order valence-electron chi connectivity index (χ3n) is 2.92. The molecule has 1 aromatic heterocycles. The number of nitrogen functional groups attached to an aromatic ring is 1. The Morgan fingerprint density at radius 2 is 1.95 bits per heavy atom. The number of nitrogens with zero attached hydrogens (tertiary/aromatic N) is 3. The molecule has 0 unspecified atom stereocenters. The maximum Gasteiger partial charge on any atom is 0.240 e. The largest absolute Gasteiger partial charge is 0.496 e. The van der Waals surface area contributed by atoms with Crippen molar-refractivity contribution in [1.29, 1.82) is 0 Å². The molecule has 100 valence electrons. The van der Waals surface area contributed by atoms with E-state index in [0.717, 1.165) is 11.3 Å². The number of anilines is 1. The van der Waals surface area contributed by atoms with Gasteiger partial charge in [-0.05, 0) is 23.1 Å². The second-order valence-electron chi connectivity index (χ2n) is 5.36. The molecule has 0 saturated carbocycles. The molecule has 2 N–H and O–H groups in total. The van der Waals surface area contributed by atoms with Gasteiger partial charge >= 0.3 is 0 Å². The third kappa shape index (κ3) is 2.81. The Morgan fingerprint density at radius 3 is 2.53 bits per heavy atom. The van der Waals surface area contributed by atoms with Crippen LogP contribution in [0, 0.1) is 0 Å². The Bertz CT molecular complexity index is 590. The van der Waals surface area contributed by atoms with Gasteiger partial charge in [-0.1, -0.05) is 26.8 Å². The first-order chi connectivity index (χ1) is 8.91. The van der Waals surface area contributed by atoms with E-state index < -0.39 is 0 Å². The highest BCUT2D eigenvalue weighted by Crippen LogP contribution is 2.33. The SMILES string of the molecule is COc1ccc(C(C)(C)C)cc1-c1cnnc(N)n1. The summed E-state index contributed by atoms with van der Waals surface area (Å²) in [7, 11) is 1.63. The van der Waals surface area contributed by atoms with Gasteiger partial charge in [-0.2, -0.15) is 5.10 Å². The molecule has 0 saturated heterocycles. The fraction of sp³-hybridized carbons (Fsp3) is 0.357. The van der Waals surface area contributed by atoms with Crippen LogP contribution >= 0.6 is 0 Å². The quantitative estimate of drug-likeness (QED) is 0.895. The van der Waals surface area contributed by atoms with Crippen molar-refractivity contribution in [3.8, 4) is 17.0 Å². The topological polar surface area (TPSA) is 73.9 Å². The zero-order chi connectivity index (χ0) is 14.0. The van der Waals surface area contributed by atoms with Gasteiger partial charge in [-0.3, -0.25) is 0 Å². The van der Waals surface area contributed by atoms with E-state index in [9.17, 15) is 0 Å². The minimum Gasteiger partial charge on any atom is -0.496 e. The number of hydrogen-bond acceptors (Lipinski definition) is 5. The van der Waals surface area contributed by atoms with E-state index in [4.69, 9.17) is 10.5 Å². The van der Waals surface area contributed by atoms with Gasteiger partial charge in [0.05, 0.1) is 19.0 Å². The van der Waals surface area contributed by atoms with Gasteiger partial charge < -0.3 is 10.5 Å². The lowest BCUT2D eigenvalue weighted by atomic mass is 9.85. The molecule has 0 fully saturated rings. The zero-order valence-corrected chi connectivity index (χ0v) is 11.6. The Balaban J connectivity index is 2.60. The maximum absolute atomic E-state index is 5.59. The summed E-state index contributed by atoms with van der Waals surface area (Å²) in [4.78, 5) is 4.20. The number of hydrogen-bond donors (Lipinski definition) is 1. The molecule has 0 bridgehead atoms. The molecule has 0 amide bonds. The Labute approximate surface area is 112 Å². The van der Waals surface area contributed by atoms with Crippen LogP contribution in [0.3, 0.4) is 0 Å². The van der Waals surface area contributed by atoms with E-state index in [1.807, 2.05) is 6.07 Å². The van der Waals surface area contributed by atoms with E-state index in [2.05, 4.69) is 48.1 Å². The fourth-order valence-electron chi connectivity index (χ4n) is 1.82. The van der Waals surface area contributed by atoms with Crippen molar-refractivity contribution >= 4 is 5.95 Å². The molecule has 1 heterocycles. The first-order valence-electron chi connectivity index (χ1n) is 6.06. The highest BCUT2D eigenvalue weighted by molar-refractivity contribution is 5.68. The molecule has 1 aromatic carbocycles. The summed E-state index contributed by atoms with van der Waals surface area (Å²) in [6, 6.07) is 6.05. The normalized spacial score (nSPS) is 11.4. The van der Waals surface area contributed by atoms with Crippen LogP contribution in [0.5, 0.6) is 5.75 Å². The van der Waals surface area contributed by atoms with E-state index in [0.29, 0.717) is 5.69 Å². The van der Waals surface area contributed by atoms with Gasteiger partial charge in [0, 0.05) is 5.56 Å².